The normalized spacial score (nSPS) is 10.9. The molecule has 0 spiro atoms. The molecule has 0 radical (unpaired) electrons. The van der Waals surface area contributed by atoms with Gasteiger partial charge in [0.25, 0.3) is 10.0 Å². The van der Waals surface area contributed by atoms with Gasteiger partial charge in [-0.3, -0.25) is 9.52 Å². The maximum atomic E-state index is 12.4. The minimum Gasteiger partial charge on any atom is -0.465 e. The minimum atomic E-state index is -3.79. The number of likely N-dealkylation sites (N-methyl/N-ethyl adjacent to an activating group) is 1. The number of esters is 1. The zero-order valence-corrected chi connectivity index (χ0v) is 15.5. The predicted molar refractivity (Wildman–Crippen MR) is 97.4 cm³/mol. The Labute approximate surface area is 152 Å². The average molecular weight is 376 g/mol. The summed E-state index contributed by atoms with van der Waals surface area (Å²) in [4.78, 5) is 24.6. The summed E-state index contributed by atoms with van der Waals surface area (Å²) in [6, 6.07) is 12.0. The minimum absolute atomic E-state index is 0.0250. The quantitative estimate of drug-likeness (QED) is 0.778. The van der Waals surface area contributed by atoms with Gasteiger partial charge in [0, 0.05) is 19.8 Å². The second kappa shape index (κ2) is 8.01. The van der Waals surface area contributed by atoms with Crippen LogP contribution in [-0.4, -0.2) is 46.4 Å². The molecule has 7 nitrogen and oxygen atoms in total. The largest absolute Gasteiger partial charge is 0.465 e. The van der Waals surface area contributed by atoms with Crippen molar-refractivity contribution in [3.05, 3.63) is 59.7 Å². The Bertz CT molecular complexity index is 888. The van der Waals surface area contributed by atoms with Gasteiger partial charge in [0.05, 0.1) is 24.0 Å². The Balaban J connectivity index is 2.11. The summed E-state index contributed by atoms with van der Waals surface area (Å²) in [5.41, 5.74) is 1.43. The molecule has 2 aromatic rings. The number of hydrogen-bond acceptors (Lipinski definition) is 5. The number of amides is 1. The molecule has 0 bridgehead atoms. The van der Waals surface area contributed by atoms with Gasteiger partial charge in [0.2, 0.25) is 5.91 Å². The van der Waals surface area contributed by atoms with Crippen LogP contribution < -0.4 is 4.72 Å². The third-order valence-corrected chi connectivity index (χ3v) is 5.04. The SMILES string of the molecule is COC(=O)c1ccc(S(=O)(=O)Nc2ccc(CC(=O)N(C)C)cc2)cc1. The molecule has 0 fully saturated rings. The van der Waals surface area contributed by atoms with E-state index >= 15 is 0 Å². The molecule has 0 aliphatic rings. The van der Waals surface area contributed by atoms with E-state index in [0.717, 1.165) is 5.56 Å². The number of ether oxygens (including phenoxy) is 1. The van der Waals surface area contributed by atoms with Crippen LogP contribution >= 0.6 is 0 Å². The van der Waals surface area contributed by atoms with Gasteiger partial charge in [-0.25, -0.2) is 13.2 Å². The standard InChI is InChI=1S/C18H20N2O5S/c1-20(2)17(21)12-13-4-8-15(9-5-13)19-26(23,24)16-10-6-14(7-11-16)18(22)25-3/h4-11,19H,12H2,1-3H3. The number of nitrogens with one attached hydrogen (secondary N) is 1. The molecule has 1 N–H and O–H groups in total. The van der Waals surface area contributed by atoms with E-state index in [9.17, 15) is 18.0 Å². The molecule has 0 saturated heterocycles. The Hall–Kier alpha value is -2.87. The van der Waals surface area contributed by atoms with Crippen LogP contribution in [0.25, 0.3) is 0 Å². The average Bonchev–Trinajstić information content (AvgIpc) is 2.62. The first-order valence-electron chi connectivity index (χ1n) is 7.73. The van der Waals surface area contributed by atoms with Crippen molar-refractivity contribution < 1.29 is 22.7 Å². The summed E-state index contributed by atoms with van der Waals surface area (Å²) in [5, 5.41) is 0. The molecule has 0 atom stereocenters. The third kappa shape index (κ3) is 4.82. The van der Waals surface area contributed by atoms with Crippen LogP contribution in [-0.2, 0) is 26.0 Å². The topological polar surface area (TPSA) is 92.8 Å². The highest BCUT2D eigenvalue weighted by Gasteiger charge is 2.15. The number of carbonyl (C=O) groups excluding carboxylic acids is 2. The van der Waals surface area contributed by atoms with Gasteiger partial charge in [-0.1, -0.05) is 12.1 Å². The van der Waals surface area contributed by atoms with Gasteiger partial charge in [-0.05, 0) is 42.0 Å². The summed E-state index contributed by atoms with van der Waals surface area (Å²) < 4.78 is 31.9. The molecular weight excluding hydrogens is 356 g/mol. The van der Waals surface area contributed by atoms with Crippen molar-refractivity contribution in [2.45, 2.75) is 11.3 Å². The van der Waals surface area contributed by atoms with Gasteiger partial charge in [-0.2, -0.15) is 0 Å². The van der Waals surface area contributed by atoms with Crippen molar-refractivity contribution in [3.8, 4) is 0 Å². The molecule has 1 amide bonds. The Morgan fingerprint density at radius 2 is 1.58 bits per heavy atom. The number of anilines is 1. The van der Waals surface area contributed by atoms with Crippen molar-refractivity contribution in [2.75, 3.05) is 25.9 Å². The lowest BCUT2D eigenvalue weighted by atomic mass is 10.1. The maximum Gasteiger partial charge on any atom is 0.337 e. The fourth-order valence-electron chi connectivity index (χ4n) is 2.13. The second-order valence-electron chi connectivity index (χ2n) is 5.78. The van der Waals surface area contributed by atoms with Gasteiger partial charge < -0.3 is 9.64 Å². The second-order valence-corrected chi connectivity index (χ2v) is 7.47. The zero-order chi connectivity index (χ0) is 19.3. The van der Waals surface area contributed by atoms with E-state index in [-0.39, 0.29) is 22.8 Å². The van der Waals surface area contributed by atoms with Crippen LogP contribution in [0.15, 0.2) is 53.4 Å². The van der Waals surface area contributed by atoms with Gasteiger partial charge >= 0.3 is 5.97 Å². The lowest BCUT2D eigenvalue weighted by molar-refractivity contribution is -0.127. The number of hydrogen-bond donors (Lipinski definition) is 1. The van der Waals surface area contributed by atoms with E-state index in [0.29, 0.717) is 5.69 Å². The Morgan fingerprint density at radius 1 is 1.00 bits per heavy atom. The summed E-state index contributed by atoms with van der Waals surface area (Å²) >= 11 is 0. The first-order chi connectivity index (χ1) is 12.2. The predicted octanol–water partition coefficient (Wildman–Crippen LogP) is 1.90. The van der Waals surface area contributed by atoms with Crippen LogP contribution in [0.4, 0.5) is 5.69 Å². The molecule has 0 aromatic heterocycles. The lowest BCUT2D eigenvalue weighted by Crippen LogP contribution is -2.23. The Kier molecular flexibility index (Phi) is 5.99. The van der Waals surface area contributed by atoms with Crippen molar-refractivity contribution in [1.82, 2.24) is 4.90 Å². The van der Waals surface area contributed by atoms with Crippen LogP contribution in [0.5, 0.6) is 0 Å². The number of sulfonamides is 1. The summed E-state index contributed by atoms with van der Waals surface area (Å²) in [6.07, 6.45) is 0.245. The fourth-order valence-corrected chi connectivity index (χ4v) is 3.18. The van der Waals surface area contributed by atoms with Crippen molar-refractivity contribution in [3.63, 3.8) is 0 Å². The monoisotopic (exact) mass is 376 g/mol. The van der Waals surface area contributed by atoms with Gasteiger partial charge in [0.15, 0.2) is 0 Å². The highest BCUT2D eigenvalue weighted by molar-refractivity contribution is 7.92. The molecule has 2 rings (SSSR count). The van der Waals surface area contributed by atoms with Crippen molar-refractivity contribution in [1.29, 1.82) is 0 Å². The molecule has 0 aliphatic carbocycles. The van der Waals surface area contributed by atoms with Crippen LogP contribution in [0.2, 0.25) is 0 Å². The number of methoxy groups -OCH3 is 1. The molecule has 0 aliphatic heterocycles. The first-order valence-corrected chi connectivity index (χ1v) is 9.21. The van der Waals surface area contributed by atoms with E-state index < -0.39 is 16.0 Å². The van der Waals surface area contributed by atoms with Crippen molar-refractivity contribution in [2.24, 2.45) is 0 Å². The summed E-state index contributed by atoms with van der Waals surface area (Å²) in [7, 11) is 0.819. The molecular formula is C18H20N2O5S. The lowest BCUT2D eigenvalue weighted by Gasteiger charge is -2.11. The fraction of sp³-hybridized carbons (Fsp3) is 0.222. The third-order valence-electron chi connectivity index (χ3n) is 3.65. The van der Waals surface area contributed by atoms with Crippen LogP contribution in [0.3, 0.4) is 0 Å². The molecule has 0 saturated carbocycles. The number of rotatable bonds is 6. The Morgan fingerprint density at radius 3 is 2.08 bits per heavy atom. The number of carbonyl (C=O) groups is 2. The highest BCUT2D eigenvalue weighted by atomic mass is 32.2. The highest BCUT2D eigenvalue weighted by Crippen LogP contribution is 2.18. The van der Waals surface area contributed by atoms with Gasteiger partial charge in [0.1, 0.15) is 0 Å². The molecule has 0 heterocycles. The molecule has 26 heavy (non-hydrogen) atoms. The van der Waals surface area contributed by atoms with E-state index in [4.69, 9.17) is 0 Å². The smallest absolute Gasteiger partial charge is 0.337 e. The first kappa shape index (κ1) is 19.5. The van der Waals surface area contributed by atoms with E-state index in [2.05, 4.69) is 9.46 Å². The molecule has 8 heteroatoms. The van der Waals surface area contributed by atoms with Crippen molar-refractivity contribution >= 4 is 27.6 Å². The molecule has 2 aromatic carbocycles. The summed E-state index contributed by atoms with van der Waals surface area (Å²) in [5.74, 6) is -0.575. The van der Waals surface area contributed by atoms with Crippen LogP contribution in [0, 0.1) is 0 Å². The molecule has 138 valence electrons. The number of nitrogens with zero attached hydrogens (tertiary/aromatic N) is 1. The van der Waals surface area contributed by atoms with E-state index in [1.165, 1.54) is 36.3 Å². The maximum absolute atomic E-state index is 12.4. The molecule has 0 unspecified atom stereocenters. The van der Waals surface area contributed by atoms with Gasteiger partial charge in [-0.15, -0.1) is 0 Å². The summed E-state index contributed by atoms with van der Waals surface area (Å²) in [6.45, 7) is 0. The van der Waals surface area contributed by atoms with E-state index in [1.807, 2.05) is 0 Å². The van der Waals surface area contributed by atoms with E-state index in [1.54, 1.807) is 38.4 Å². The van der Waals surface area contributed by atoms with Crippen LogP contribution in [0.1, 0.15) is 15.9 Å². The number of benzene rings is 2. The zero-order valence-electron chi connectivity index (χ0n) is 14.7.